The fourth-order valence-corrected chi connectivity index (χ4v) is 1.65. The van der Waals surface area contributed by atoms with Gasteiger partial charge in [0.15, 0.2) is 0 Å². The van der Waals surface area contributed by atoms with Crippen molar-refractivity contribution in [2.45, 2.75) is 39.5 Å². The fourth-order valence-electron chi connectivity index (χ4n) is 1.65. The van der Waals surface area contributed by atoms with Gasteiger partial charge in [0.1, 0.15) is 0 Å². The van der Waals surface area contributed by atoms with E-state index in [4.69, 9.17) is 0 Å². The van der Waals surface area contributed by atoms with Gasteiger partial charge in [-0.2, -0.15) is 0 Å². The predicted molar refractivity (Wildman–Crippen MR) is 68.7 cm³/mol. The molecule has 1 aromatic rings. The van der Waals surface area contributed by atoms with Gasteiger partial charge in [0, 0.05) is 0 Å². The van der Waals surface area contributed by atoms with E-state index in [2.05, 4.69) is 56.7 Å². The summed E-state index contributed by atoms with van der Waals surface area (Å²) < 4.78 is 0. The van der Waals surface area contributed by atoms with Gasteiger partial charge in [-0.3, -0.25) is 0 Å². The van der Waals surface area contributed by atoms with Crippen molar-refractivity contribution in [2.24, 2.45) is 0 Å². The van der Waals surface area contributed by atoms with Gasteiger partial charge in [-0.15, -0.1) is 0 Å². The van der Waals surface area contributed by atoms with Gasteiger partial charge in [-0.1, -0.05) is 63.1 Å². The van der Waals surface area contributed by atoms with Crippen molar-refractivity contribution in [1.29, 1.82) is 0 Å². The monoisotopic (exact) mass is 201 g/mol. The molecule has 0 aliphatic carbocycles. The van der Waals surface area contributed by atoms with Crippen molar-refractivity contribution in [1.82, 2.24) is 0 Å². The molecule has 0 atom stereocenters. The largest absolute Gasteiger partial charge is 0.0839 e. The quantitative estimate of drug-likeness (QED) is 0.577. The van der Waals surface area contributed by atoms with Crippen molar-refractivity contribution in [3.8, 4) is 0 Å². The Hall–Kier alpha value is -1.04. The second-order valence-corrected chi connectivity index (χ2v) is 3.82. The average Bonchev–Trinajstić information content (AvgIpc) is 2.29. The van der Waals surface area contributed by atoms with E-state index in [0.29, 0.717) is 0 Å². The third-order valence-corrected chi connectivity index (χ3v) is 2.58. The van der Waals surface area contributed by atoms with Crippen molar-refractivity contribution >= 4 is 6.08 Å². The highest BCUT2D eigenvalue weighted by Gasteiger charge is 1.94. The van der Waals surface area contributed by atoms with Gasteiger partial charge in [-0.25, -0.2) is 0 Å². The molecular weight excluding hydrogens is 180 g/mol. The molecule has 0 bridgehead atoms. The maximum atomic E-state index is 2.29. The standard InChI is InChI=1S/C15H21/c1-3-5-6-7-8-12-15-13-10-9-11-14(15)4-2/h4,8-13H,3,5-7H2,1-2H3/b12-8+. The molecule has 0 unspecified atom stereocenters. The number of hydrogen-bond donors (Lipinski definition) is 0. The first-order valence-corrected chi connectivity index (χ1v) is 5.93. The first-order valence-electron chi connectivity index (χ1n) is 5.93. The van der Waals surface area contributed by atoms with Crippen LogP contribution in [-0.2, 0) is 0 Å². The Balaban J connectivity index is 2.48. The third kappa shape index (κ3) is 4.33. The van der Waals surface area contributed by atoms with E-state index >= 15 is 0 Å². The van der Waals surface area contributed by atoms with E-state index in [0.717, 1.165) is 0 Å². The number of benzene rings is 1. The normalized spacial score (nSPS) is 11.1. The highest BCUT2D eigenvalue weighted by Crippen LogP contribution is 2.13. The van der Waals surface area contributed by atoms with Crippen molar-refractivity contribution < 1.29 is 0 Å². The fraction of sp³-hybridized carbons (Fsp3) is 0.400. The molecule has 0 heterocycles. The van der Waals surface area contributed by atoms with Gasteiger partial charge in [0.25, 0.3) is 0 Å². The Kier molecular flexibility index (Phi) is 5.84. The summed E-state index contributed by atoms with van der Waals surface area (Å²) in [5, 5.41) is 0. The molecule has 0 aliphatic rings. The Morgan fingerprint density at radius 2 is 1.80 bits per heavy atom. The zero-order chi connectivity index (χ0) is 10.9. The summed E-state index contributed by atoms with van der Waals surface area (Å²) in [6.07, 6.45) is 11.8. The Bertz CT molecular complexity index is 297. The van der Waals surface area contributed by atoms with Gasteiger partial charge < -0.3 is 0 Å². The number of hydrogen-bond acceptors (Lipinski definition) is 0. The van der Waals surface area contributed by atoms with E-state index in [1.54, 1.807) is 0 Å². The van der Waals surface area contributed by atoms with Crippen LogP contribution in [0.2, 0.25) is 0 Å². The van der Waals surface area contributed by atoms with Crippen LogP contribution in [0.4, 0.5) is 0 Å². The van der Waals surface area contributed by atoms with Crippen LogP contribution in [0.3, 0.4) is 0 Å². The number of rotatable bonds is 6. The van der Waals surface area contributed by atoms with Gasteiger partial charge in [0.2, 0.25) is 0 Å². The molecule has 0 nitrogen and oxygen atoms in total. The second-order valence-electron chi connectivity index (χ2n) is 3.82. The van der Waals surface area contributed by atoms with Crippen molar-refractivity contribution in [3.05, 3.63) is 47.9 Å². The van der Waals surface area contributed by atoms with Gasteiger partial charge >= 0.3 is 0 Å². The molecule has 1 aromatic carbocycles. The van der Waals surface area contributed by atoms with E-state index in [-0.39, 0.29) is 0 Å². The summed E-state index contributed by atoms with van der Waals surface area (Å²) in [6, 6.07) is 8.51. The molecule has 1 rings (SSSR count). The predicted octanol–water partition coefficient (Wildman–Crippen LogP) is 4.85. The van der Waals surface area contributed by atoms with E-state index in [1.807, 2.05) is 0 Å². The minimum Gasteiger partial charge on any atom is -0.0839 e. The first kappa shape index (κ1) is 12.0. The first-order chi connectivity index (χ1) is 7.38. The molecule has 0 saturated heterocycles. The number of allylic oxidation sites excluding steroid dienone is 1. The average molecular weight is 201 g/mol. The molecule has 0 aliphatic heterocycles. The molecule has 1 radical (unpaired) electrons. The second kappa shape index (κ2) is 7.28. The van der Waals surface area contributed by atoms with E-state index in [1.165, 1.54) is 36.8 Å². The summed E-state index contributed by atoms with van der Waals surface area (Å²) in [5.41, 5.74) is 2.65. The Morgan fingerprint density at radius 3 is 2.47 bits per heavy atom. The summed E-state index contributed by atoms with van der Waals surface area (Å²) in [6.45, 7) is 4.33. The minimum absolute atomic E-state index is 1.20. The lowest BCUT2D eigenvalue weighted by molar-refractivity contribution is 0.730. The lowest BCUT2D eigenvalue weighted by Gasteiger charge is -2.01. The Labute approximate surface area is 94.0 Å². The van der Waals surface area contributed by atoms with Crippen LogP contribution >= 0.6 is 0 Å². The molecule has 0 spiro atoms. The molecule has 0 heteroatoms. The third-order valence-electron chi connectivity index (χ3n) is 2.58. The highest BCUT2D eigenvalue weighted by molar-refractivity contribution is 5.55. The zero-order valence-electron chi connectivity index (χ0n) is 9.87. The van der Waals surface area contributed by atoms with Gasteiger partial charge in [-0.05, 0) is 30.4 Å². The summed E-state index contributed by atoms with van der Waals surface area (Å²) in [7, 11) is 0. The minimum atomic E-state index is 1.20. The lowest BCUT2D eigenvalue weighted by Crippen LogP contribution is -1.82. The highest BCUT2D eigenvalue weighted by atomic mass is 14.0. The Morgan fingerprint density at radius 1 is 1.07 bits per heavy atom. The SMILES string of the molecule is C[CH]c1ccccc1/C=C/CCCCC. The molecule has 0 N–H and O–H groups in total. The van der Waals surface area contributed by atoms with Crippen molar-refractivity contribution in [2.75, 3.05) is 0 Å². The van der Waals surface area contributed by atoms with Crippen LogP contribution < -0.4 is 0 Å². The maximum Gasteiger partial charge on any atom is -0.0118 e. The van der Waals surface area contributed by atoms with Crippen LogP contribution in [0.1, 0.15) is 50.7 Å². The van der Waals surface area contributed by atoms with Crippen LogP contribution in [0.15, 0.2) is 30.3 Å². The lowest BCUT2D eigenvalue weighted by atomic mass is 10.0. The van der Waals surface area contributed by atoms with Crippen LogP contribution in [0.5, 0.6) is 0 Å². The smallest absolute Gasteiger partial charge is 0.0118 e. The molecule has 0 saturated carbocycles. The van der Waals surface area contributed by atoms with Crippen molar-refractivity contribution in [3.63, 3.8) is 0 Å². The molecule has 0 amide bonds. The molecule has 0 fully saturated rings. The summed E-state index contributed by atoms with van der Waals surface area (Å²) in [4.78, 5) is 0. The molecule has 81 valence electrons. The maximum absolute atomic E-state index is 2.29. The molecule has 0 aromatic heterocycles. The number of unbranched alkanes of at least 4 members (excludes halogenated alkanes) is 3. The van der Waals surface area contributed by atoms with Crippen LogP contribution in [-0.4, -0.2) is 0 Å². The molecular formula is C15H21. The summed E-state index contributed by atoms with van der Waals surface area (Å²) in [5.74, 6) is 0. The zero-order valence-corrected chi connectivity index (χ0v) is 9.87. The summed E-state index contributed by atoms with van der Waals surface area (Å²) >= 11 is 0. The molecule has 15 heavy (non-hydrogen) atoms. The van der Waals surface area contributed by atoms with E-state index < -0.39 is 0 Å². The topological polar surface area (TPSA) is 0 Å². The van der Waals surface area contributed by atoms with Crippen LogP contribution in [0, 0.1) is 6.42 Å². The van der Waals surface area contributed by atoms with Gasteiger partial charge in [0.05, 0.1) is 0 Å². The van der Waals surface area contributed by atoms with E-state index in [9.17, 15) is 0 Å². The van der Waals surface area contributed by atoms with Crippen LogP contribution in [0.25, 0.3) is 6.08 Å².